The summed E-state index contributed by atoms with van der Waals surface area (Å²) in [5.41, 5.74) is 0. The molecule has 33 heavy (non-hydrogen) atoms. The minimum atomic E-state index is -1.49. The van der Waals surface area contributed by atoms with Crippen LogP contribution in [0.1, 0.15) is 96.8 Å². The van der Waals surface area contributed by atoms with Crippen LogP contribution in [0.5, 0.6) is 0 Å². The number of rotatable bonds is 8. The molecule has 4 rings (SSSR count). The monoisotopic (exact) mass is 468 g/mol. The zero-order valence-electron chi connectivity index (χ0n) is 20.7. The van der Waals surface area contributed by atoms with Crippen molar-refractivity contribution in [1.29, 1.82) is 0 Å². The van der Waals surface area contributed by atoms with Gasteiger partial charge in [-0.05, 0) is 119 Å². The van der Waals surface area contributed by atoms with Crippen molar-refractivity contribution in [2.75, 3.05) is 19.8 Å². The molecule has 0 aromatic heterocycles. The van der Waals surface area contributed by atoms with Crippen molar-refractivity contribution in [3.05, 3.63) is 12.2 Å². The van der Waals surface area contributed by atoms with Crippen molar-refractivity contribution < 1.29 is 23.0 Å². The molecule has 4 aliphatic rings. The molecule has 3 aliphatic carbocycles. The number of hydrogen-bond acceptors (Lipinski definition) is 3. The van der Waals surface area contributed by atoms with E-state index in [2.05, 4.69) is 6.92 Å². The standard InChI is InChI=1S/C28H46F2O3/c1-2-3-16-31-26-18-32-28(33-19-26)25-14-12-24(13-15-25)23-10-8-22(9-11-23)21-6-4-20(5-7-21)17-27(29)30/h17,20-26,28H,2-16,18-19H2,1H3. The molecule has 1 saturated heterocycles. The minimum absolute atomic E-state index is 0.0245. The van der Waals surface area contributed by atoms with Crippen LogP contribution in [0.2, 0.25) is 0 Å². The van der Waals surface area contributed by atoms with Gasteiger partial charge in [0.1, 0.15) is 6.10 Å². The van der Waals surface area contributed by atoms with Gasteiger partial charge < -0.3 is 14.2 Å². The average molecular weight is 469 g/mol. The third kappa shape index (κ3) is 7.48. The Balaban J connectivity index is 1.11. The number of hydrogen-bond donors (Lipinski definition) is 0. The second-order valence-corrected chi connectivity index (χ2v) is 11.4. The number of ether oxygens (including phenoxy) is 3. The van der Waals surface area contributed by atoms with Gasteiger partial charge in [0, 0.05) is 12.5 Å². The Hall–Kier alpha value is -0.520. The van der Waals surface area contributed by atoms with Crippen molar-refractivity contribution in [1.82, 2.24) is 0 Å². The van der Waals surface area contributed by atoms with Gasteiger partial charge in [0.25, 0.3) is 6.08 Å². The van der Waals surface area contributed by atoms with Crippen LogP contribution in [0.25, 0.3) is 0 Å². The van der Waals surface area contributed by atoms with E-state index >= 15 is 0 Å². The maximum Gasteiger partial charge on any atom is 0.266 e. The first-order valence-corrected chi connectivity index (χ1v) is 14.0. The topological polar surface area (TPSA) is 27.7 Å². The third-order valence-electron chi connectivity index (χ3n) is 9.27. The van der Waals surface area contributed by atoms with E-state index in [1.807, 2.05) is 0 Å². The zero-order valence-corrected chi connectivity index (χ0v) is 20.7. The lowest BCUT2D eigenvalue weighted by atomic mass is 9.65. The summed E-state index contributed by atoms with van der Waals surface area (Å²) in [5.74, 6) is 4.07. The van der Waals surface area contributed by atoms with Gasteiger partial charge in [0.05, 0.1) is 13.2 Å². The molecule has 0 unspecified atom stereocenters. The minimum Gasteiger partial charge on any atom is -0.373 e. The fourth-order valence-electron chi connectivity index (χ4n) is 7.20. The molecule has 0 spiro atoms. The summed E-state index contributed by atoms with van der Waals surface area (Å²) < 4.78 is 43.0. The van der Waals surface area contributed by atoms with Gasteiger partial charge in [-0.25, -0.2) is 0 Å². The van der Waals surface area contributed by atoms with Crippen LogP contribution in [0, 0.1) is 35.5 Å². The molecular weight excluding hydrogens is 422 g/mol. The Kier molecular flexibility index (Phi) is 10.1. The van der Waals surface area contributed by atoms with E-state index in [1.54, 1.807) is 0 Å². The summed E-state index contributed by atoms with van der Waals surface area (Å²) in [6.07, 6.45) is 16.9. The predicted molar refractivity (Wildman–Crippen MR) is 127 cm³/mol. The van der Waals surface area contributed by atoms with Gasteiger partial charge in [-0.15, -0.1) is 0 Å². The first-order valence-electron chi connectivity index (χ1n) is 14.0. The van der Waals surface area contributed by atoms with Gasteiger partial charge in [-0.1, -0.05) is 13.3 Å². The zero-order chi connectivity index (χ0) is 23.0. The molecule has 0 radical (unpaired) electrons. The third-order valence-corrected chi connectivity index (χ3v) is 9.27. The molecular formula is C28H46F2O3. The first-order chi connectivity index (χ1) is 16.1. The highest BCUT2D eigenvalue weighted by Crippen LogP contribution is 2.46. The van der Waals surface area contributed by atoms with Gasteiger partial charge in [-0.2, -0.15) is 8.78 Å². The lowest BCUT2D eigenvalue weighted by Gasteiger charge is -2.42. The van der Waals surface area contributed by atoms with Crippen LogP contribution in [0.3, 0.4) is 0 Å². The fourth-order valence-corrected chi connectivity index (χ4v) is 7.20. The van der Waals surface area contributed by atoms with E-state index in [1.165, 1.54) is 57.4 Å². The molecule has 3 nitrogen and oxygen atoms in total. The Morgan fingerprint density at radius 1 is 0.727 bits per heavy atom. The van der Waals surface area contributed by atoms with E-state index < -0.39 is 6.08 Å². The number of unbranched alkanes of at least 4 members (excludes halogenated alkanes) is 1. The van der Waals surface area contributed by atoms with Crippen LogP contribution in [0.15, 0.2) is 12.2 Å². The molecule has 190 valence electrons. The van der Waals surface area contributed by atoms with Crippen molar-refractivity contribution in [3.63, 3.8) is 0 Å². The molecule has 0 amide bonds. The van der Waals surface area contributed by atoms with Crippen molar-refractivity contribution >= 4 is 0 Å². The Bertz CT molecular complexity index is 576. The maximum atomic E-state index is 12.5. The summed E-state index contributed by atoms with van der Waals surface area (Å²) >= 11 is 0. The molecule has 5 heteroatoms. The van der Waals surface area contributed by atoms with Crippen LogP contribution in [-0.4, -0.2) is 32.2 Å². The van der Waals surface area contributed by atoms with Crippen LogP contribution in [0.4, 0.5) is 8.78 Å². The van der Waals surface area contributed by atoms with Crippen molar-refractivity contribution in [2.24, 2.45) is 35.5 Å². The lowest BCUT2D eigenvalue weighted by molar-refractivity contribution is -0.250. The molecule has 4 fully saturated rings. The largest absolute Gasteiger partial charge is 0.373 e. The van der Waals surface area contributed by atoms with Gasteiger partial charge in [-0.3, -0.25) is 0 Å². The van der Waals surface area contributed by atoms with E-state index in [0.717, 1.165) is 68.8 Å². The van der Waals surface area contributed by atoms with Crippen LogP contribution >= 0.6 is 0 Å². The van der Waals surface area contributed by atoms with Gasteiger partial charge in [0.2, 0.25) is 0 Å². The summed E-state index contributed by atoms with van der Waals surface area (Å²) in [7, 11) is 0. The van der Waals surface area contributed by atoms with Crippen molar-refractivity contribution in [3.8, 4) is 0 Å². The Morgan fingerprint density at radius 2 is 1.18 bits per heavy atom. The molecule has 3 saturated carbocycles. The quantitative estimate of drug-likeness (QED) is 0.341. The Morgan fingerprint density at radius 3 is 1.64 bits per heavy atom. The Labute approximate surface area is 200 Å². The molecule has 0 atom stereocenters. The second-order valence-electron chi connectivity index (χ2n) is 11.4. The van der Waals surface area contributed by atoms with Gasteiger partial charge >= 0.3 is 0 Å². The highest BCUT2D eigenvalue weighted by Gasteiger charge is 2.37. The van der Waals surface area contributed by atoms with Crippen molar-refractivity contribution in [2.45, 2.75) is 109 Å². The average Bonchev–Trinajstić information content (AvgIpc) is 2.85. The summed E-state index contributed by atoms with van der Waals surface area (Å²) in [6.45, 7) is 4.35. The molecule has 0 aromatic rings. The van der Waals surface area contributed by atoms with E-state index in [9.17, 15) is 8.78 Å². The number of allylic oxidation sites excluding steroid dienone is 1. The van der Waals surface area contributed by atoms with Crippen LogP contribution < -0.4 is 0 Å². The van der Waals surface area contributed by atoms with Gasteiger partial charge in [0.15, 0.2) is 6.29 Å². The maximum absolute atomic E-state index is 12.5. The van der Waals surface area contributed by atoms with E-state index in [-0.39, 0.29) is 18.3 Å². The van der Waals surface area contributed by atoms with Crippen LogP contribution in [-0.2, 0) is 14.2 Å². The summed E-state index contributed by atoms with van der Waals surface area (Å²) in [4.78, 5) is 0. The predicted octanol–water partition coefficient (Wildman–Crippen LogP) is 7.74. The fraction of sp³-hybridized carbons (Fsp3) is 0.929. The molecule has 0 N–H and O–H groups in total. The molecule has 1 heterocycles. The molecule has 1 aliphatic heterocycles. The lowest BCUT2D eigenvalue weighted by Crippen LogP contribution is -2.42. The van der Waals surface area contributed by atoms with E-state index in [0.29, 0.717) is 19.1 Å². The second kappa shape index (κ2) is 13.0. The molecule has 0 aromatic carbocycles. The first kappa shape index (κ1) is 25.6. The highest BCUT2D eigenvalue weighted by molar-refractivity contribution is 4.93. The normalized spacial score (nSPS) is 40.3. The summed E-state index contributed by atoms with van der Waals surface area (Å²) in [6, 6.07) is 0. The van der Waals surface area contributed by atoms with E-state index in [4.69, 9.17) is 14.2 Å². The SMILES string of the molecule is CCCCOC1COC(C2CCC(C3CCC(C4CCC(C=C(F)F)CC4)CC3)CC2)OC1. The highest BCUT2D eigenvalue weighted by atomic mass is 19.3. The number of halogens is 2. The molecule has 0 bridgehead atoms. The summed E-state index contributed by atoms with van der Waals surface area (Å²) in [5, 5.41) is 0. The smallest absolute Gasteiger partial charge is 0.266 e.